The first kappa shape index (κ1) is 16.4. The Morgan fingerprint density at radius 3 is 2.46 bits per heavy atom. The van der Waals surface area contributed by atoms with E-state index >= 15 is 0 Å². The van der Waals surface area contributed by atoms with Crippen molar-refractivity contribution in [2.45, 2.75) is 31.1 Å². The van der Waals surface area contributed by atoms with Gasteiger partial charge in [-0.3, -0.25) is 0 Å². The third-order valence-electron chi connectivity index (χ3n) is 3.86. The van der Waals surface area contributed by atoms with Crippen LogP contribution in [-0.4, -0.2) is 12.4 Å². The van der Waals surface area contributed by atoms with Crippen LogP contribution in [0.4, 0.5) is 0 Å². The van der Waals surface area contributed by atoms with E-state index < -0.39 is 10.0 Å². The summed E-state index contributed by atoms with van der Waals surface area (Å²) < 4.78 is 27.2. The Kier molecular flexibility index (Phi) is 4.73. The Bertz CT molecular complexity index is 1010. The van der Waals surface area contributed by atoms with Crippen LogP contribution in [0.25, 0.3) is 10.9 Å². The monoisotopic (exact) mass is 337 g/mol. The van der Waals surface area contributed by atoms with Crippen molar-refractivity contribution in [3.63, 3.8) is 0 Å². The summed E-state index contributed by atoms with van der Waals surface area (Å²) in [5, 5.41) is 0.862. The quantitative estimate of drug-likeness (QED) is 0.522. The Morgan fingerprint density at radius 2 is 1.71 bits per heavy atom. The highest BCUT2D eigenvalue weighted by Gasteiger charge is 2.20. The van der Waals surface area contributed by atoms with Gasteiger partial charge in [-0.2, -0.15) is 0 Å². The summed E-state index contributed by atoms with van der Waals surface area (Å²) in [7, 11) is -3.63. The molecule has 3 aromatic rings. The van der Waals surface area contributed by atoms with E-state index in [2.05, 4.69) is 18.8 Å². The van der Waals surface area contributed by atoms with Crippen LogP contribution in [0.15, 0.2) is 65.7 Å². The highest BCUT2D eigenvalue weighted by Crippen LogP contribution is 2.25. The lowest BCUT2D eigenvalue weighted by atomic mass is 10.1. The van der Waals surface area contributed by atoms with Crippen LogP contribution in [0.5, 0.6) is 0 Å². The number of nitrogens with zero attached hydrogens (tertiary/aromatic N) is 1. The van der Waals surface area contributed by atoms with Gasteiger partial charge in [0.1, 0.15) is 0 Å². The molecule has 1 heterocycles. The van der Waals surface area contributed by atoms with Gasteiger partial charge in [-0.25, -0.2) is 12.4 Å². The number of para-hydroxylation sites is 1. The molecule has 3 rings (SSSR count). The first-order valence-electron chi connectivity index (χ1n) is 8.04. The predicted octanol–water partition coefficient (Wildman–Crippen LogP) is 4.42. The standard InChI is InChI=1S/C20H19NO2S/c1-2-3-4-6-11-17-16-21(20-15-10-9-14-19(17)20)24(22,23)18-12-7-5-8-13-18/h5,7-10,12-16H,2-4H2,1H3. The second kappa shape index (κ2) is 6.94. The lowest BCUT2D eigenvalue weighted by Gasteiger charge is -2.06. The largest absolute Gasteiger partial charge is 0.268 e. The molecule has 0 aliphatic rings. The molecule has 0 N–H and O–H groups in total. The highest BCUT2D eigenvalue weighted by atomic mass is 32.2. The SMILES string of the molecule is CCCCC#Cc1cn(S(=O)(=O)c2ccccc2)c2ccccc12. The van der Waals surface area contributed by atoms with Crippen LogP contribution in [0.2, 0.25) is 0 Å². The van der Waals surface area contributed by atoms with Crippen LogP contribution in [0.1, 0.15) is 31.7 Å². The second-order valence-electron chi connectivity index (χ2n) is 5.58. The topological polar surface area (TPSA) is 39.1 Å². The zero-order valence-electron chi connectivity index (χ0n) is 13.6. The molecular formula is C20H19NO2S. The number of hydrogen-bond acceptors (Lipinski definition) is 2. The molecule has 3 nitrogen and oxygen atoms in total. The number of rotatable bonds is 4. The predicted molar refractivity (Wildman–Crippen MR) is 97.4 cm³/mol. The zero-order chi connectivity index (χ0) is 17.0. The van der Waals surface area contributed by atoms with E-state index in [0.29, 0.717) is 5.52 Å². The van der Waals surface area contributed by atoms with Gasteiger partial charge in [-0.15, -0.1) is 0 Å². The minimum Gasteiger partial charge on any atom is -0.240 e. The molecule has 0 spiro atoms. The molecule has 0 aliphatic heterocycles. The summed E-state index contributed by atoms with van der Waals surface area (Å²) in [6, 6.07) is 15.9. The van der Waals surface area contributed by atoms with E-state index in [1.54, 1.807) is 36.5 Å². The zero-order valence-corrected chi connectivity index (χ0v) is 14.4. The van der Waals surface area contributed by atoms with Gasteiger partial charge in [-0.05, 0) is 24.6 Å². The normalized spacial score (nSPS) is 11.2. The molecule has 0 aliphatic carbocycles. The lowest BCUT2D eigenvalue weighted by molar-refractivity contribution is 0.589. The molecule has 4 heteroatoms. The average molecular weight is 337 g/mol. The minimum absolute atomic E-state index is 0.274. The Hall–Kier alpha value is -2.51. The van der Waals surface area contributed by atoms with E-state index in [1.165, 1.54) is 3.97 Å². The number of unbranched alkanes of at least 4 members (excludes halogenated alkanes) is 2. The van der Waals surface area contributed by atoms with E-state index in [-0.39, 0.29) is 4.90 Å². The maximum Gasteiger partial charge on any atom is 0.268 e. The molecule has 0 saturated heterocycles. The van der Waals surface area contributed by atoms with Gasteiger partial charge < -0.3 is 0 Å². The molecule has 0 fully saturated rings. The molecule has 0 radical (unpaired) electrons. The summed E-state index contributed by atoms with van der Waals surface area (Å²) in [5.74, 6) is 6.27. The number of fused-ring (bicyclic) bond motifs is 1. The average Bonchev–Trinajstić information content (AvgIpc) is 2.99. The van der Waals surface area contributed by atoms with Gasteiger partial charge in [0, 0.05) is 18.0 Å². The number of aromatic nitrogens is 1. The van der Waals surface area contributed by atoms with E-state index in [0.717, 1.165) is 30.2 Å². The van der Waals surface area contributed by atoms with Crippen molar-refractivity contribution in [3.05, 3.63) is 66.4 Å². The van der Waals surface area contributed by atoms with Crippen molar-refractivity contribution < 1.29 is 8.42 Å². The fourth-order valence-electron chi connectivity index (χ4n) is 2.58. The Labute approximate surface area is 143 Å². The van der Waals surface area contributed by atoms with E-state index in [4.69, 9.17) is 0 Å². The van der Waals surface area contributed by atoms with Crippen LogP contribution in [-0.2, 0) is 10.0 Å². The third-order valence-corrected chi connectivity index (χ3v) is 5.54. The number of benzene rings is 2. The molecule has 0 atom stereocenters. The maximum atomic E-state index is 13.0. The van der Waals surface area contributed by atoms with E-state index in [1.807, 2.05) is 24.3 Å². The van der Waals surface area contributed by atoms with Gasteiger partial charge >= 0.3 is 0 Å². The van der Waals surface area contributed by atoms with Crippen LogP contribution in [0, 0.1) is 11.8 Å². The fourth-order valence-corrected chi connectivity index (χ4v) is 3.97. The van der Waals surface area contributed by atoms with Crippen LogP contribution >= 0.6 is 0 Å². The molecule has 0 amide bonds. The summed E-state index contributed by atoms with van der Waals surface area (Å²) in [6.45, 7) is 2.12. The van der Waals surface area contributed by atoms with E-state index in [9.17, 15) is 8.42 Å². The van der Waals surface area contributed by atoms with Crippen LogP contribution < -0.4 is 0 Å². The summed E-state index contributed by atoms with van der Waals surface area (Å²) in [5.41, 5.74) is 1.40. The number of hydrogen-bond donors (Lipinski definition) is 0. The van der Waals surface area contributed by atoms with Gasteiger partial charge in [0.05, 0.1) is 16.0 Å². The first-order chi connectivity index (χ1) is 11.6. The molecule has 0 saturated carbocycles. The maximum absolute atomic E-state index is 13.0. The molecule has 1 aromatic heterocycles. The smallest absolute Gasteiger partial charge is 0.240 e. The minimum atomic E-state index is -3.63. The molecule has 24 heavy (non-hydrogen) atoms. The van der Waals surface area contributed by atoms with Crippen molar-refractivity contribution >= 4 is 20.9 Å². The lowest BCUT2D eigenvalue weighted by Crippen LogP contribution is -2.11. The molecule has 122 valence electrons. The van der Waals surface area contributed by atoms with Gasteiger partial charge in [0.15, 0.2) is 0 Å². The van der Waals surface area contributed by atoms with Crippen molar-refractivity contribution in [3.8, 4) is 11.8 Å². The molecule has 0 bridgehead atoms. The van der Waals surface area contributed by atoms with Gasteiger partial charge in [-0.1, -0.05) is 61.6 Å². The van der Waals surface area contributed by atoms with Crippen molar-refractivity contribution in [1.82, 2.24) is 3.97 Å². The second-order valence-corrected chi connectivity index (χ2v) is 7.39. The van der Waals surface area contributed by atoms with Gasteiger partial charge in [0.2, 0.25) is 0 Å². The van der Waals surface area contributed by atoms with Crippen molar-refractivity contribution in [1.29, 1.82) is 0 Å². The molecule has 2 aromatic carbocycles. The summed E-state index contributed by atoms with van der Waals surface area (Å²) >= 11 is 0. The van der Waals surface area contributed by atoms with Crippen molar-refractivity contribution in [2.24, 2.45) is 0 Å². The Morgan fingerprint density at radius 1 is 1.00 bits per heavy atom. The third kappa shape index (κ3) is 3.08. The summed E-state index contributed by atoms with van der Waals surface area (Å²) in [6.07, 6.45) is 4.60. The molecular weight excluding hydrogens is 318 g/mol. The van der Waals surface area contributed by atoms with Crippen molar-refractivity contribution in [2.75, 3.05) is 0 Å². The summed E-state index contributed by atoms with van der Waals surface area (Å²) in [4.78, 5) is 0.274. The molecule has 0 unspecified atom stereocenters. The fraction of sp³-hybridized carbons (Fsp3) is 0.200. The Balaban J connectivity index is 2.14. The van der Waals surface area contributed by atoms with Crippen LogP contribution in [0.3, 0.4) is 0 Å². The first-order valence-corrected chi connectivity index (χ1v) is 9.48. The van der Waals surface area contributed by atoms with Gasteiger partial charge in [0.25, 0.3) is 10.0 Å². The highest BCUT2D eigenvalue weighted by molar-refractivity contribution is 7.90.